The Morgan fingerprint density at radius 3 is 2.50 bits per heavy atom. The van der Waals surface area contributed by atoms with E-state index in [0.29, 0.717) is 6.54 Å². The number of benzene rings is 1. The highest BCUT2D eigenvalue weighted by molar-refractivity contribution is 5.88. The molecule has 0 aliphatic carbocycles. The monoisotopic (exact) mass is 418 g/mol. The second kappa shape index (κ2) is 11.0. The van der Waals surface area contributed by atoms with Gasteiger partial charge in [0.25, 0.3) is 0 Å². The Hall–Kier alpha value is -2.57. The molecule has 2 amide bonds. The maximum Gasteiger partial charge on any atom is 0.408 e. The molecule has 30 heavy (non-hydrogen) atoms. The smallest absolute Gasteiger partial charge is 0.408 e. The van der Waals surface area contributed by atoms with Crippen molar-refractivity contribution in [3.63, 3.8) is 0 Å². The van der Waals surface area contributed by atoms with Crippen LogP contribution in [0.5, 0.6) is 0 Å². The Labute approximate surface area is 179 Å². The summed E-state index contributed by atoms with van der Waals surface area (Å²) in [6, 6.07) is 8.33. The molecular formula is C23H34N2O5. The van der Waals surface area contributed by atoms with Crippen LogP contribution in [0.2, 0.25) is 0 Å². The fraction of sp³-hybridized carbons (Fsp3) is 0.609. The average Bonchev–Trinajstić information content (AvgIpc) is 2.70. The highest BCUT2D eigenvalue weighted by Gasteiger charge is 2.32. The number of nitrogens with one attached hydrogen (secondary N) is 1. The number of ether oxygens (including phenoxy) is 2. The molecule has 0 aromatic heterocycles. The fourth-order valence-corrected chi connectivity index (χ4v) is 3.52. The Balaban J connectivity index is 2.06. The molecule has 0 spiro atoms. The zero-order valence-corrected chi connectivity index (χ0v) is 18.5. The Morgan fingerprint density at radius 1 is 1.17 bits per heavy atom. The molecule has 1 aromatic carbocycles. The summed E-state index contributed by atoms with van der Waals surface area (Å²) in [5.41, 5.74) is 0.113. The van der Waals surface area contributed by atoms with Crippen LogP contribution in [-0.2, 0) is 25.7 Å². The molecule has 1 aliphatic heterocycles. The molecule has 7 heteroatoms. The van der Waals surface area contributed by atoms with Crippen molar-refractivity contribution in [3.05, 3.63) is 35.9 Å². The molecule has 1 aliphatic rings. The number of amides is 2. The summed E-state index contributed by atoms with van der Waals surface area (Å²) >= 11 is 0. The first-order chi connectivity index (χ1) is 14.2. The molecule has 2 atom stereocenters. The second-order valence-corrected chi connectivity index (χ2v) is 8.64. The van der Waals surface area contributed by atoms with E-state index in [4.69, 9.17) is 9.47 Å². The zero-order valence-electron chi connectivity index (χ0n) is 18.5. The number of alkyl carbamates (subject to hydrolysis) is 1. The van der Waals surface area contributed by atoms with Crippen LogP contribution in [0.4, 0.5) is 4.79 Å². The maximum atomic E-state index is 12.9. The molecule has 0 radical (unpaired) electrons. The van der Waals surface area contributed by atoms with Gasteiger partial charge in [-0.15, -0.1) is 0 Å². The Bertz CT molecular complexity index is 714. The van der Waals surface area contributed by atoms with Gasteiger partial charge >= 0.3 is 12.1 Å². The number of esters is 1. The van der Waals surface area contributed by atoms with Crippen LogP contribution in [0.1, 0.15) is 65.4 Å². The van der Waals surface area contributed by atoms with Gasteiger partial charge in [-0.1, -0.05) is 37.3 Å². The molecule has 7 nitrogen and oxygen atoms in total. The molecule has 0 saturated carbocycles. The number of rotatable bonds is 7. The number of hydrogen-bond donors (Lipinski definition) is 1. The van der Waals surface area contributed by atoms with Gasteiger partial charge in [-0.25, -0.2) is 9.59 Å². The van der Waals surface area contributed by atoms with Gasteiger partial charge in [0.2, 0.25) is 5.91 Å². The lowest BCUT2D eigenvalue weighted by atomic mass is 9.99. The van der Waals surface area contributed by atoms with Crippen molar-refractivity contribution in [3.8, 4) is 0 Å². The maximum absolute atomic E-state index is 12.9. The molecule has 1 heterocycles. The molecule has 2 rings (SSSR count). The van der Waals surface area contributed by atoms with E-state index < -0.39 is 23.7 Å². The van der Waals surface area contributed by atoms with Crippen molar-refractivity contribution in [2.45, 2.75) is 84.1 Å². The van der Waals surface area contributed by atoms with E-state index in [1.807, 2.05) is 35.2 Å². The predicted molar refractivity (Wildman–Crippen MR) is 114 cm³/mol. The SMILES string of the molecule is CC[C@H]1CCCCN1C(=O)C[C@H](NC(=O)OC(C)(C)C)C(=O)OCc1ccccc1. The molecule has 0 unspecified atom stereocenters. The number of nitrogens with zero attached hydrogens (tertiary/aromatic N) is 1. The van der Waals surface area contributed by atoms with Crippen LogP contribution >= 0.6 is 0 Å². The predicted octanol–water partition coefficient (Wildman–Crippen LogP) is 3.80. The minimum Gasteiger partial charge on any atom is -0.459 e. The lowest BCUT2D eigenvalue weighted by Gasteiger charge is -2.36. The van der Waals surface area contributed by atoms with Crippen molar-refractivity contribution in [1.29, 1.82) is 0 Å². The van der Waals surface area contributed by atoms with Crippen molar-refractivity contribution < 1.29 is 23.9 Å². The highest BCUT2D eigenvalue weighted by Crippen LogP contribution is 2.21. The number of carbonyl (C=O) groups excluding carboxylic acids is 3. The number of hydrogen-bond acceptors (Lipinski definition) is 5. The number of likely N-dealkylation sites (tertiary alicyclic amines) is 1. The molecule has 1 saturated heterocycles. The van der Waals surface area contributed by atoms with Gasteiger partial charge in [-0.2, -0.15) is 0 Å². The van der Waals surface area contributed by atoms with Crippen LogP contribution in [0.25, 0.3) is 0 Å². The van der Waals surface area contributed by atoms with Gasteiger partial charge in [-0.05, 0) is 52.0 Å². The first-order valence-electron chi connectivity index (χ1n) is 10.7. The van der Waals surface area contributed by atoms with Crippen molar-refractivity contribution >= 4 is 18.0 Å². The fourth-order valence-electron chi connectivity index (χ4n) is 3.52. The standard InChI is InChI=1S/C23H34N2O5/c1-5-18-13-9-10-14-25(18)20(26)15-19(24-22(28)30-23(2,3)4)21(27)29-16-17-11-7-6-8-12-17/h6-8,11-12,18-19H,5,9-10,13-16H2,1-4H3,(H,24,28)/t18-,19-/m0/s1. The van der Waals surface area contributed by atoms with Gasteiger partial charge < -0.3 is 19.7 Å². The van der Waals surface area contributed by atoms with Crippen LogP contribution < -0.4 is 5.32 Å². The van der Waals surface area contributed by atoms with E-state index in [9.17, 15) is 14.4 Å². The van der Waals surface area contributed by atoms with Crippen molar-refractivity contribution in [2.75, 3.05) is 6.54 Å². The average molecular weight is 419 g/mol. The third-order valence-electron chi connectivity index (χ3n) is 5.00. The van der Waals surface area contributed by atoms with E-state index in [0.717, 1.165) is 31.2 Å². The van der Waals surface area contributed by atoms with E-state index in [1.165, 1.54) is 0 Å². The lowest BCUT2D eigenvalue weighted by molar-refractivity contribution is -0.150. The molecule has 166 valence electrons. The Morgan fingerprint density at radius 2 is 1.87 bits per heavy atom. The molecule has 1 N–H and O–H groups in total. The summed E-state index contributed by atoms with van der Waals surface area (Å²) in [5.74, 6) is -0.803. The zero-order chi connectivity index (χ0) is 22.1. The third kappa shape index (κ3) is 7.69. The van der Waals surface area contributed by atoms with E-state index in [-0.39, 0.29) is 25.0 Å². The van der Waals surface area contributed by atoms with E-state index >= 15 is 0 Å². The van der Waals surface area contributed by atoms with Gasteiger partial charge in [-0.3, -0.25) is 4.79 Å². The second-order valence-electron chi connectivity index (χ2n) is 8.64. The van der Waals surface area contributed by atoms with Gasteiger partial charge in [0.05, 0.1) is 6.42 Å². The number of carbonyl (C=O) groups is 3. The van der Waals surface area contributed by atoms with Crippen molar-refractivity contribution in [2.24, 2.45) is 0 Å². The van der Waals surface area contributed by atoms with Gasteiger partial charge in [0, 0.05) is 12.6 Å². The largest absolute Gasteiger partial charge is 0.459 e. The topological polar surface area (TPSA) is 84.9 Å². The normalized spacial score (nSPS) is 17.7. The summed E-state index contributed by atoms with van der Waals surface area (Å²) in [4.78, 5) is 39.8. The van der Waals surface area contributed by atoms with Crippen LogP contribution in [0.3, 0.4) is 0 Å². The minimum atomic E-state index is -1.10. The first-order valence-corrected chi connectivity index (χ1v) is 10.7. The first kappa shape index (κ1) is 23.7. The molecule has 1 aromatic rings. The highest BCUT2D eigenvalue weighted by atomic mass is 16.6. The summed E-state index contributed by atoms with van der Waals surface area (Å²) < 4.78 is 10.7. The summed E-state index contributed by atoms with van der Waals surface area (Å²) in [7, 11) is 0. The quantitative estimate of drug-likeness (QED) is 0.681. The molecule has 1 fully saturated rings. The third-order valence-corrected chi connectivity index (χ3v) is 5.00. The van der Waals surface area contributed by atoms with Gasteiger partial charge in [0.15, 0.2) is 0 Å². The summed E-state index contributed by atoms with van der Waals surface area (Å²) in [6.07, 6.45) is 2.98. The number of piperidine rings is 1. The Kier molecular flexibility index (Phi) is 8.69. The lowest BCUT2D eigenvalue weighted by Crippen LogP contribution is -2.50. The summed E-state index contributed by atoms with van der Waals surface area (Å²) in [6.45, 7) is 8.01. The molecule has 0 bridgehead atoms. The summed E-state index contributed by atoms with van der Waals surface area (Å²) in [5, 5.41) is 2.53. The van der Waals surface area contributed by atoms with Crippen molar-refractivity contribution in [1.82, 2.24) is 10.2 Å². The molecular weight excluding hydrogens is 384 g/mol. The van der Waals surface area contributed by atoms with Crippen LogP contribution in [0, 0.1) is 0 Å². The minimum absolute atomic E-state index is 0.0711. The van der Waals surface area contributed by atoms with E-state index in [1.54, 1.807) is 20.8 Å². The van der Waals surface area contributed by atoms with Crippen LogP contribution in [-0.4, -0.2) is 47.1 Å². The van der Waals surface area contributed by atoms with E-state index in [2.05, 4.69) is 12.2 Å². The van der Waals surface area contributed by atoms with Crippen LogP contribution in [0.15, 0.2) is 30.3 Å². The van der Waals surface area contributed by atoms with Gasteiger partial charge in [0.1, 0.15) is 18.2 Å².